The molecule has 1 aliphatic rings. The van der Waals surface area contributed by atoms with E-state index in [-0.39, 0.29) is 11.8 Å². The summed E-state index contributed by atoms with van der Waals surface area (Å²) in [6.07, 6.45) is 8.17. The summed E-state index contributed by atoms with van der Waals surface area (Å²) >= 11 is 0. The molecule has 0 radical (unpaired) electrons. The van der Waals surface area contributed by atoms with Crippen LogP contribution in [0.4, 0.5) is 5.69 Å². The lowest BCUT2D eigenvalue weighted by atomic mass is 10.1. The average molecular weight is 290 g/mol. The molecule has 3 nitrogen and oxygen atoms in total. The summed E-state index contributed by atoms with van der Waals surface area (Å²) in [4.78, 5) is 18.2. The van der Waals surface area contributed by atoms with Gasteiger partial charge in [-0.25, -0.2) is 0 Å². The highest BCUT2D eigenvalue weighted by molar-refractivity contribution is 5.96. The molecular formula is C19H18N2O. The van der Waals surface area contributed by atoms with Crippen molar-refractivity contribution in [3.05, 3.63) is 72.6 Å². The Morgan fingerprint density at radius 3 is 2.82 bits per heavy atom. The van der Waals surface area contributed by atoms with Crippen molar-refractivity contribution in [2.75, 3.05) is 11.4 Å². The van der Waals surface area contributed by atoms with E-state index < -0.39 is 0 Å². The number of benzene rings is 1. The molecule has 0 bridgehead atoms. The average Bonchev–Trinajstić information content (AvgIpc) is 2.95. The molecule has 0 N–H and O–H groups in total. The van der Waals surface area contributed by atoms with Gasteiger partial charge in [-0.05, 0) is 35.9 Å². The summed E-state index contributed by atoms with van der Waals surface area (Å²) in [6.45, 7) is 4.51. The highest BCUT2D eigenvalue weighted by Crippen LogP contribution is 2.26. The maximum Gasteiger partial charge on any atom is 0.227 e. The van der Waals surface area contributed by atoms with Gasteiger partial charge in [0.25, 0.3) is 0 Å². The molecule has 0 spiro atoms. The van der Waals surface area contributed by atoms with Crippen LogP contribution in [0.3, 0.4) is 0 Å². The normalized spacial score (nSPS) is 18.1. The molecular weight excluding hydrogens is 272 g/mol. The highest BCUT2D eigenvalue weighted by Gasteiger charge is 2.28. The molecule has 110 valence electrons. The number of amides is 1. The van der Waals surface area contributed by atoms with Crippen LogP contribution in [0.5, 0.6) is 0 Å². The van der Waals surface area contributed by atoms with Crippen LogP contribution in [0.2, 0.25) is 0 Å². The van der Waals surface area contributed by atoms with Crippen molar-refractivity contribution in [2.24, 2.45) is 5.92 Å². The Balaban J connectivity index is 1.80. The van der Waals surface area contributed by atoms with Gasteiger partial charge in [-0.3, -0.25) is 9.78 Å². The van der Waals surface area contributed by atoms with Gasteiger partial charge in [0.15, 0.2) is 0 Å². The van der Waals surface area contributed by atoms with Crippen molar-refractivity contribution in [3.63, 3.8) is 0 Å². The van der Waals surface area contributed by atoms with E-state index >= 15 is 0 Å². The van der Waals surface area contributed by atoms with Crippen LogP contribution in [0.1, 0.15) is 17.7 Å². The first-order valence-electron chi connectivity index (χ1n) is 7.38. The van der Waals surface area contributed by atoms with Crippen LogP contribution in [-0.2, 0) is 4.79 Å². The maximum atomic E-state index is 12.1. The monoisotopic (exact) mass is 290 g/mol. The molecule has 0 saturated carbocycles. The molecule has 0 aliphatic carbocycles. The van der Waals surface area contributed by atoms with E-state index in [1.54, 1.807) is 6.20 Å². The van der Waals surface area contributed by atoms with E-state index in [1.165, 1.54) is 0 Å². The summed E-state index contributed by atoms with van der Waals surface area (Å²) in [7, 11) is 0. The Hall–Kier alpha value is -2.68. The van der Waals surface area contributed by atoms with Crippen LogP contribution in [-0.4, -0.2) is 17.4 Å². The van der Waals surface area contributed by atoms with E-state index in [2.05, 4.69) is 11.6 Å². The molecule has 3 heteroatoms. The summed E-state index contributed by atoms with van der Waals surface area (Å²) in [5.74, 6) is 0.413. The number of nitrogens with zero attached hydrogens (tertiary/aromatic N) is 2. The summed E-state index contributed by atoms with van der Waals surface area (Å²) < 4.78 is 0. The lowest BCUT2D eigenvalue weighted by Gasteiger charge is -2.16. The third-order valence-electron chi connectivity index (χ3n) is 3.80. The second-order valence-corrected chi connectivity index (χ2v) is 5.39. The number of pyridine rings is 1. The molecule has 1 aromatic heterocycles. The Kier molecular flexibility index (Phi) is 4.15. The number of hydrogen-bond acceptors (Lipinski definition) is 2. The Morgan fingerprint density at radius 2 is 2.09 bits per heavy atom. The van der Waals surface area contributed by atoms with E-state index in [1.807, 2.05) is 65.6 Å². The highest BCUT2D eigenvalue weighted by atomic mass is 16.2. The zero-order valence-electron chi connectivity index (χ0n) is 12.4. The quantitative estimate of drug-likeness (QED) is 0.803. The van der Waals surface area contributed by atoms with E-state index in [9.17, 15) is 4.79 Å². The van der Waals surface area contributed by atoms with Crippen molar-refractivity contribution in [1.29, 1.82) is 0 Å². The maximum absolute atomic E-state index is 12.1. The summed E-state index contributed by atoms with van der Waals surface area (Å²) in [5, 5.41) is 0. The minimum absolute atomic E-state index is 0.163. The third-order valence-corrected chi connectivity index (χ3v) is 3.80. The molecule has 1 amide bonds. The lowest BCUT2D eigenvalue weighted by molar-refractivity contribution is -0.117. The van der Waals surface area contributed by atoms with Gasteiger partial charge in [-0.1, -0.05) is 30.4 Å². The molecule has 1 atom stereocenters. The van der Waals surface area contributed by atoms with Crippen molar-refractivity contribution < 1.29 is 4.79 Å². The minimum Gasteiger partial charge on any atom is -0.312 e. The van der Waals surface area contributed by atoms with Crippen molar-refractivity contribution in [2.45, 2.75) is 6.42 Å². The number of aromatic nitrogens is 1. The van der Waals surface area contributed by atoms with Gasteiger partial charge in [0.1, 0.15) is 0 Å². The van der Waals surface area contributed by atoms with Crippen molar-refractivity contribution in [3.8, 4) is 0 Å². The topological polar surface area (TPSA) is 33.2 Å². The predicted molar refractivity (Wildman–Crippen MR) is 90.3 cm³/mol. The summed E-state index contributed by atoms with van der Waals surface area (Å²) in [5.41, 5.74) is 2.91. The number of rotatable bonds is 4. The summed E-state index contributed by atoms with van der Waals surface area (Å²) in [6, 6.07) is 13.8. The Bertz CT molecular complexity index is 706. The van der Waals surface area contributed by atoms with Crippen LogP contribution < -0.4 is 4.90 Å². The molecule has 22 heavy (non-hydrogen) atoms. The van der Waals surface area contributed by atoms with E-state index in [0.717, 1.165) is 23.5 Å². The van der Waals surface area contributed by atoms with Crippen molar-refractivity contribution >= 4 is 23.7 Å². The number of carbonyl (C=O) groups excluding carboxylic acids is 1. The second kappa shape index (κ2) is 6.39. The van der Waals surface area contributed by atoms with Crippen molar-refractivity contribution in [1.82, 2.24) is 4.98 Å². The molecule has 1 unspecified atom stereocenters. The van der Waals surface area contributed by atoms with Gasteiger partial charge in [0.2, 0.25) is 5.91 Å². The first kappa shape index (κ1) is 14.3. The van der Waals surface area contributed by atoms with Crippen LogP contribution >= 0.6 is 0 Å². The van der Waals surface area contributed by atoms with Gasteiger partial charge in [0.05, 0.1) is 5.69 Å². The SMILES string of the molecule is C=CC1CC(=O)N(c2cccc(C=Cc3ccccn3)c2)C1. The largest absolute Gasteiger partial charge is 0.312 e. The first-order chi connectivity index (χ1) is 10.8. The smallest absolute Gasteiger partial charge is 0.227 e. The van der Waals surface area contributed by atoms with Gasteiger partial charge in [-0.15, -0.1) is 6.58 Å². The molecule has 1 saturated heterocycles. The number of carbonyl (C=O) groups is 1. The van der Waals surface area contributed by atoms with Gasteiger partial charge >= 0.3 is 0 Å². The number of anilines is 1. The molecule has 3 rings (SSSR count). The van der Waals surface area contributed by atoms with Crippen LogP contribution in [0.25, 0.3) is 12.2 Å². The standard InChI is InChI=1S/C19H18N2O/c1-2-15-13-19(22)21(14-15)18-8-5-6-16(12-18)9-10-17-7-3-4-11-20-17/h2-12,15H,1,13-14H2. The minimum atomic E-state index is 0.163. The van der Waals surface area contributed by atoms with Crippen LogP contribution in [0.15, 0.2) is 61.3 Å². The second-order valence-electron chi connectivity index (χ2n) is 5.39. The lowest BCUT2D eigenvalue weighted by Crippen LogP contribution is -2.24. The Labute approximate surface area is 130 Å². The predicted octanol–water partition coefficient (Wildman–Crippen LogP) is 3.79. The Morgan fingerprint density at radius 1 is 1.18 bits per heavy atom. The molecule has 1 fully saturated rings. The molecule has 1 aliphatic heterocycles. The third kappa shape index (κ3) is 3.14. The molecule has 1 aromatic carbocycles. The zero-order chi connectivity index (χ0) is 15.4. The fourth-order valence-corrected chi connectivity index (χ4v) is 2.60. The first-order valence-corrected chi connectivity index (χ1v) is 7.38. The fourth-order valence-electron chi connectivity index (χ4n) is 2.60. The fraction of sp³-hybridized carbons (Fsp3) is 0.158. The van der Waals surface area contributed by atoms with Gasteiger partial charge < -0.3 is 4.90 Å². The van der Waals surface area contributed by atoms with E-state index in [4.69, 9.17) is 0 Å². The molecule has 2 heterocycles. The molecule has 2 aromatic rings. The zero-order valence-corrected chi connectivity index (χ0v) is 12.4. The van der Waals surface area contributed by atoms with Gasteiger partial charge in [0, 0.05) is 30.8 Å². The van der Waals surface area contributed by atoms with Gasteiger partial charge in [-0.2, -0.15) is 0 Å². The number of hydrogen-bond donors (Lipinski definition) is 0. The van der Waals surface area contributed by atoms with Crippen LogP contribution in [0, 0.1) is 5.92 Å². The van der Waals surface area contributed by atoms with E-state index in [0.29, 0.717) is 6.42 Å².